The summed E-state index contributed by atoms with van der Waals surface area (Å²) >= 11 is 3.40. The third kappa shape index (κ3) is 4.10. The Morgan fingerprint density at radius 2 is 1.90 bits per heavy atom. The molecule has 0 saturated carbocycles. The molecule has 0 radical (unpaired) electrons. The summed E-state index contributed by atoms with van der Waals surface area (Å²) in [5.41, 5.74) is 3.03. The van der Waals surface area contributed by atoms with Crippen LogP contribution in [0.3, 0.4) is 0 Å². The summed E-state index contributed by atoms with van der Waals surface area (Å²) in [5.74, 6) is 0. The number of aryl methyl sites for hydroxylation is 1. The molecule has 0 aliphatic rings. The van der Waals surface area contributed by atoms with E-state index in [0.717, 1.165) is 21.3 Å². The van der Waals surface area contributed by atoms with Gasteiger partial charge in [-0.1, -0.05) is 40.2 Å². The topological polar surface area (TPSA) is 32.3 Å². The molecule has 2 aromatic rings. The number of benzene rings is 2. The number of carbonyl (C=O) groups is 1. The van der Waals surface area contributed by atoms with E-state index in [1.165, 1.54) is 0 Å². The second-order valence-corrected chi connectivity index (χ2v) is 5.70. The Hall–Kier alpha value is -1.81. The first-order chi connectivity index (χ1) is 9.54. The van der Waals surface area contributed by atoms with Crippen LogP contribution in [0.1, 0.15) is 11.1 Å². The van der Waals surface area contributed by atoms with Gasteiger partial charge in [0.25, 0.3) is 0 Å². The summed E-state index contributed by atoms with van der Waals surface area (Å²) < 4.78 is 1.04. The van der Waals surface area contributed by atoms with Gasteiger partial charge in [0.1, 0.15) is 0 Å². The van der Waals surface area contributed by atoms with Gasteiger partial charge in [0, 0.05) is 23.8 Å². The van der Waals surface area contributed by atoms with Crippen molar-refractivity contribution in [3.05, 3.63) is 64.1 Å². The van der Waals surface area contributed by atoms with Crippen LogP contribution < -0.4 is 5.32 Å². The zero-order chi connectivity index (χ0) is 14.5. The Labute approximate surface area is 127 Å². The van der Waals surface area contributed by atoms with Crippen molar-refractivity contribution in [2.75, 3.05) is 12.4 Å². The van der Waals surface area contributed by atoms with E-state index in [4.69, 9.17) is 0 Å². The molecule has 0 heterocycles. The van der Waals surface area contributed by atoms with E-state index in [-0.39, 0.29) is 6.03 Å². The van der Waals surface area contributed by atoms with Gasteiger partial charge in [0.05, 0.1) is 0 Å². The maximum atomic E-state index is 12.1. The van der Waals surface area contributed by atoms with Gasteiger partial charge in [-0.05, 0) is 42.3 Å². The SMILES string of the molecule is Cc1cccc(NC(=O)N(C)Cc2ccc(Br)cc2)c1. The van der Waals surface area contributed by atoms with Crippen LogP contribution >= 0.6 is 15.9 Å². The van der Waals surface area contributed by atoms with Crippen LogP contribution in [0.15, 0.2) is 53.0 Å². The fraction of sp³-hybridized carbons (Fsp3) is 0.188. The first-order valence-electron chi connectivity index (χ1n) is 6.38. The Balaban J connectivity index is 1.96. The maximum absolute atomic E-state index is 12.1. The molecule has 0 spiro atoms. The average molecular weight is 333 g/mol. The minimum Gasteiger partial charge on any atom is -0.323 e. The number of anilines is 1. The number of hydrogen-bond donors (Lipinski definition) is 1. The second-order valence-electron chi connectivity index (χ2n) is 4.78. The highest BCUT2D eigenvalue weighted by atomic mass is 79.9. The summed E-state index contributed by atoms with van der Waals surface area (Å²) in [6.45, 7) is 2.58. The van der Waals surface area contributed by atoms with Crippen molar-refractivity contribution in [3.63, 3.8) is 0 Å². The van der Waals surface area contributed by atoms with Crippen LogP contribution in [0, 0.1) is 6.92 Å². The fourth-order valence-corrected chi connectivity index (χ4v) is 2.14. The summed E-state index contributed by atoms with van der Waals surface area (Å²) in [6, 6.07) is 15.6. The van der Waals surface area contributed by atoms with Gasteiger partial charge >= 0.3 is 6.03 Å². The van der Waals surface area contributed by atoms with Crippen LogP contribution in [0.2, 0.25) is 0 Å². The van der Waals surface area contributed by atoms with Gasteiger partial charge in [0.15, 0.2) is 0 Å². The molecule has 20 heavy (non-hydrogen) atoms. The number of amides is 2. The van der Waals surface area contributed by atoms with Gasteiger partial charge in [-0.25, -0.2) is 4.79 Å². The van der Waals surface area contributed by atoms with Crippen molar-refractivity contribution in [1.82, 2.24) is 4.90 Å². The van der Waals surface area contributed by atoms with Crippen molar-refractivity contribution in [1.29, 1.82) is 0 Å². The molecule has 0 bridgehead atoms. The molecule has 2 aromatic carbocycles. The van der Waals surface area contributed by atoms with Crippen molar-refractivity contribution < 1.29 is 4.79 Å². The lowest BCUT2D eigenvalue weighted by molar-refractivity contribution is 0.220. The van der Waals surface area contributed by atoms with Crippen molar-refractivity contribution in [2.45, 2.75) is 13.5 Å². The quantitative estimate of drug-likeness (QED) is 0.886. The van der Waals surface area contributed by atoms with Crippen LogP contribution in [0.4, 0.5) is 10.5 Å². The summed E-state index contributed by atoms with van der Waals surface area (Å²) in [4.78, 5) is 13.8. The fourth-order valence-electron chi connectivity index (χ4n) is 1.88. The Morgan fingerprint density at radius 3 is 2.55 bits per heavy atom. The highest BCUT2D eigenvalue weighted by molar-refractivity contribution is 9.10. The third-order valence-electron chi connectivity index (χ3n) is 2.95. The molecule has 0 unspecified atom stereocenters. The summed E-state index contributed by atoms with van der Waals surface area (Å²) in [7, 11) is 1.78. The first kappa shape index (κ1) is 14.6. The summed E-state index contributed by atoms with van der Waals surface area (Å²) in [6.07, 6.45) is 0. The number of nitrogens with zero attached hydrogens (tertiary/aromatic N) is 1. The molecule has 0 atom stereocenters. The highest BCUT2D eigenvalue weighted by Crippen LogP contribution is 2.13. The normalized spacial score (nSPS) is 10.2. The van der Waals surface area contributed by atoms with E-state index in [1.54, 1.807) is 11.9 Å². The van der Waals surface area contributed by atoms with E-state index >= 15 is 0 Å². The smallest absolute Gasteiger partial charge is 0.321 e. The largest absolute Gasteiger partial charge is 0.323 e. The molecular formula is C16H17BrN2O. The predicted octanol–water partition coefficient (Wildman–Crippen LogP) is 4.42. The number of halogens is 1. The Morgan fingerprint density at radius 1 is 1.20 bits per heavy atom. The number of rotatable bonds is 3. The molecule has 2 rings (SSSR count). The van der Waals surface area contributed by atoms with E-state index in [2.05, 4.69) is 21.2 Å². The summed E-state index contributed by atoms with van der Waals surface area (Å²) in [5, 5.41) is 2.89. The molecule has 0 aromatic heterocycles. The van der Waals surface area contributed by atoms with Crippen LogP contribution in [0.25, 0.3) is 0 Å². The van der Waals surface area contributed by atoms with Gasteiger partial charge < -0.3 is 10.2 Å². The molecule has 4 heteroatoms. The van der Waals surface area contributed by atoms with Gasteiger partial charge in [0.2, 0.25) is 0 Å². The Kier molecular flexibility index (Phi) is 4.79. The lowest BCUT2D eigenvalue weighted by Gasteiger charge is -2.18. The van der Waals surface area contributed by atoms with E-state index in [0.29, 0.717) is 6.54 Å². The maximum Gasteiger partial charge on any atom is 0.321 e. The van der Waals surface area contributed by atoms with Gasteiger partial charge in [-0.15, -0.1) is 0 Å². The lowest BCUT2D eigenvalue weighted by atomic mass is 10.2. The van der Waals surface area contributed by atoms with E-state index < -0.39 is 0 Å². The molecule has 0 aliphatic carbocycles. The number of urea groups is 1. The Bertz CT molecular complexity index is 596. The van der Waals surface area contributed by atoms with Crippen molar-refractivity contribution >= 4 is 27.6 Å². The third-order valence-corrected chi connectivity index (χ3v) is 3.48. The van der Waals surface area contributed by atoms with Crippen LogP contribution in [-0.4, -0.2) is 18.0 Å². The molecule has 1 N–H and O–H groups in total. The zero-order valence-electron chi connectivity index (χ0n) is 11.6. The molecule has 104 valence electrons. The lowest BCUT2D eigenvalue weighted by Crippen LogP contribution is -2.30. The van der Waals surface area contributed by atoms with Gasteiger partial charge in [-0.2, -0.15) is 0 Å². The minimum absolute atomic E-state index is 0.112. The predicted molar refractivity (Wildman–Crippen MR) is 85.8 cm³/mol. The number of nitrogens with one attached hydrogen (secondary N) is 1. The molecular weight excluding hydrogens is 316 g/mol. The van der Waals surface area contributed by atoms with Gasteiger partial charge in [-0.3, -0.25) is 0 Å². The molecule has 0 fully saturated rings. The van der Waals surface area contributed by atoms with E-state index in [1.807, 2.05) is 55.5 Å². The number of hydrogen-bond acceptors (Lipinski definition) is 1. The monoisotopic (exact) mass is 332 g/mol. The highest BCUT2D eigenvalue weighted by Gasteiger charge is 2.09. The van der Waals surface area contributed by atoms with Crippen LogP contribution in [0.5, 0.6) is 0 Å². The van der Waals surface area contributed by atoms with Crippen molar-refractivity contribution in [2.24, 2.45) is 0 Å². The zero-order valence-corrected chi connectivity index (χ0v) is 13.1. The van der Waals surface area contributed by atoms with Crippen LogP contribution in [-0.2, 0) is 6.54 Å². The minimum atomic E-state index is -0.112. The molecule has 2 amide bonds. The van der Waals surface area contributed by atoms with Crippen molar-refractivity contribution in [3.8, 4) is 0 Å². The molecule has 0 saturated heterocycles. The first-order valence-corrected chi connectivity index (χ1v) is 7.17. The molecule has 0 aliphatic heterocycles. The second kappa shape index (κ2) is 6.57. The average Bonchev–Trinajstić information content (AvgIpc) is 2.41. The standard InChI is InChI=1S/C16H17BrN2O/c1-12-4-3-5-15(10-12)18-16(20)19(2)11-13-6-8-14(17)9-7-13/h3-10H,11H2,1-2H3,(H,18,20). The number of carbonyl (C=O) groups excluding carboxylic acids is 1. The molecule has 3 nitrogen and oxygen atoms in total. The van der Waals surface area contributed by atoms with E-state index in [9.17, 15) is 4.79 Å².